The van der Waals surface area contributed by atoms with E-state index in [0.717, 1.165) is 12.1 Å². The van der Waals surface area contributed by atoms with E-state index in [1.807, 2.05) is 0 Å². The molecule has 0 saturated carbocycles. The van der Waals surface area contributed by atoms with Crippen molar-refractivity contribution in [1.82, 2.24) is 15.1 Å². The average molecular weight is 348 g/mol. The Kier molecular flexibility index (Phi) is 4.73. The van der Waals surface area contributed by atoms with Crippen molar-refractivity contribution in [3.8, 4) is 11.5 Å². The average Bonchev–Trinajstić information content (AvgIpc) is 3.10. The Morgan fingerprint density at radius 2 is 1.96 bits per heavy atom. The van der Waals surface area contributed by atoms with Crippen LogP contribution in [0.1, 0.15) is 12.3 Å². The van der Waals surface area contributed by atoms with E-state index in [-0.39, 0.29) is 24.6 Å². The number of rotatable bonds is 5. The van der Waals surface area contributed by atoms with Gasteiger partial charge in [0.1, 0.15) is 5.69 Å². The Morgan fingerprint density at radius 3 is 2.72 bits per heavy atom. The molecular formula is C16H11F3N4O2. The molecule has 0 bridgehead atoms. The van der Waals surface area contributed by atoms with Crippen LogP contribution in [0.3, 0.4) is 0 Å². The van der Waals surface area contributed by atoms with E-state index in [1.54, 1.807) is 24.4 Å². The summed E-state index contributed by atoms with van der Waals surface area (Å²) in [5.74, 6) is -4.56. The molecule has 25 heavy (non-hydrogen) atoms. The van der Waals surface area contributed by atoms with Gasteiger partial charge in [0.2, 0.25) is 17.6 Å². The number of hydrogen-bond donors (Lipinski definition) is 1. The smallest absolute Gasteiger partial charge is 0.227 e. The van der Waals surface area contributed by atoms with E-state index in [0.29, 0.717) is 5.69 Å². The van der Waals surface area contributed by atoms with Crippen LogP contribution in [0.15, 0.2) is 41.1 Å². The van der Waals surface area contributed by atoms with Gasteiger partial charge in [0.15, 0.2) is 17.5 Å². The summed E-state index contributed by atoms with van der Waals surface area (Å²) >= 11 is 0. The lowest BCUT2D eigenvalue weighted by Gasteiger charge is -2.06. The lowest BCUT2D eigenvalue weighted by Crippen LogP contribution is -2.14. The van der Waals surface area contributed by atoms with E-state index in [9.17, 15) is 18.0 Å². The van der Waals surface area contributed by atoms with Crippen molar-refractivity contribution in [3.63, 3.8) is 0 Å². The van der Waals surface area contributed by atoms with E-state index in [2.05, 4.69) is 20.4 Å². The first-order valence-corrected chi connectivity index (χ1v) is 7.22. The molecule has 2 heterocycles. The first kappa shape index (κ1) is 16.6. The summed E-state index contributed by atoms with van der Waals surface area (Å²) in [4.78, 5) is 20.0. The topological polar surface area (TPSA) is 80.9 Å². The van der Waals surface area contributed by atoms with Crippen molar-refractivity contribution in [3.05, 3.63) is 59.9 Å². The van der Waals surface area contributed by atoms with Gasteiger partial charge in [-0.1, -0.05) is 11.2 Å². The number of halogens is 3. The van der Waals surface area contributed by atoms with Crippen LogP contribution < -0.4 is 5.32 Å². The summed E-state index contributed by atoms with van der Waals surface area (Å²) in [7, 11) is 0. The summed E-state index contributed by atoms with van der Waals surface area (Å²) in [6, 6.07) is 6.88. The highest BCUT2D eigenvalue weighted by molar-refractivity contribution is 5.90. The van der Waals surface area contributed by atoms with Crippen LogP contribution >= 0.6 is 0 Å². The maximum atomic E-state index is 13.5. The van der Waals surface area contributed by atoms with Gasteiger partial charge in [-0.3, -0.25) is 9.78 Å². The first-order valence-electron chi connectivity index (χ1n) is 7.22. The monoisotopic (exact) mass is 348 g/mol. The number of benzene rings is 1. The highest BCUT2D eigenvalue weighted by Crippen LogP contribution is 2.20. The molecule has 0 aliphatic heterocycles. The number of amides is 1. The maximum absolute atomic E-state index is 13.5. The molecule has 0 atom stereocenters. The van der Waals surface area contributed by atoms with Crippen molar-refractivity contribution >= 4 is 11.6 Å². The first-order chi connectivity index (χ1) is 12.0. The van der Waals surface area contributed by atoms with E-state index in [1.165, 1.54) is 0 Å². The Bertz CT molecular complexity index is 900. The van der Waals surface area contributed by atoms with Gasteiger partial charge < -0.3 is 9.84 Å². The molecule has 0 aliphatic rings. The predicted octanol–water partition coefficient (Wildman–Crippen LogP) is 3.12. The minimum absolute atomic E-state index is 0.0942. The number of nitrogens with zero attached hydrogens (tertiary/aromatic N) is 3. The number of hydrogen-bond acceptors (Lipinski definition) is 5. The number of aryl methyl sites for hydroxylation is 1. The number of nitrogens with one attached hydrogen (secondary N) is 1. The van der Waals surface area contributed by atoms with Crippen LogP contribution in [-0.4, -0.2) is 21.0 Å². The molecule has 1 amide bonds. The normalized spacial score (nSPS) is 10.7. The molecule has 0 saturated heterocycles. The molecular weight excluding hydrogens is 337 g/mol. The van der Waals surface area contributed by atoms with Crippen molar-refractivity contribution < 1.29 is 22.5 Å². The SMILES string of the molecule is O=C(CCc1nc(-c2ccccn2)no1)Nc1ccc(F)c(F)c1F. The largest absolute Gasteiger partial charge is 0.339 e. The third kappa shape index (κ3) is 3.82. The van der Waals surface area contributed by atoms with Crippen LogP contribution in [0.25, 0.3) is 11.5 Å². The van der Waals surface area contributed by atoms with Crippen molar-refractivity contribution in [2.75, 3.05) is 5.32 Å². The second-order valence-electron chi connectivity index (χ2n) is 5.00. The lowest BCUT2D eigenvalue weighted by molar-refractivity contribution is -0.116. The van der Waals surface area contributed by atoms with Gasteiger partial charge in [-0.25, -0.2) is 13.2 Å². The van der Waals surface area contributed by atoms with Crippen LogP contribution in [0, 0.1) is 17.5 Å². The molecule has 2 aromatic heterocycles. The van der Waals surface area contributed by atoms with Crippen LogP contribution in [0.5, 0.6) is 0 Å². The Hall–Kier alpha value is -3.23. The zero-order chi connectivity index (χ0) is 17.8. The Balaban J connectivity index is 1.60. The van der Waals surface area contributed by atoms with Crippen LogP contribution in [0.4, 0.5) is 18.9 Å². The zero-order valence-corrected chi connectivity index (χ0v) is 12.7. The van der Waals surface area contributed by atoms with Crippen LogP contribution in [-0.2, 0) is 11.2 Å². The summed E-state index contributed by atoms with van der Waals surface area (Å²) in [6.45, 7) is 0. The third-order valence-corrected chi connectivity index (χ3v) is 3.24. The highest BCUT2D eigenvalue weighted by atomic mass is 19.2. The summed E-state index contributed by atoms with van der Waals surface area (Å²) in [6.07, 6.45) is 1.56. The number of carbonyl (C=O) groups excluding carboxylic acids is 1. The highest BCUT2D eigenvalue weighted by Gasteiger charge is 2.16. The van der Waals surface area contributed by atoms with Crippen molar-refractivity contribution in [1.29, 1.82) is 0 Å². The fourth-order valence-corrected chi connectivity index (χ4v) is 2.01. The zero-order valence-electron chi connectivity index (χ0n) is 12.7. The van der Waals surface area contributed by atoms with Gasteiger partial charge in [-0.2, -0.15) is 4.98 Å². The van der Waals surface area contributed by atoms with Gasteiger partial charge in [0.05, 0.1) is 5.69 Å². The molecule has 0 unspecified atom stereocenters. The van der Waals surface area contributed by atoms with Gasteiger partial charge >= 0.3 is 0 Å². The second-order valence-corrected chi connectivity index (χ2v) is 5.00. The number of anilines is 1. The number of carbonyl (C=O) groups is 1. The fourth-order valence-electron chi connectivity index (χ4n) is 2.01. The molecule has 128 valence electrons. The molecule has 3 rings (SSSR count). The molecule has 6 nitrogen and oxygen atoms in total. The second kappa shape index (κ2) is 7.12. The minimum Gasteiger partial charge on any atom is -0.339 e. The van der Waals surface area contributed by atoms with Crippen molar-refractivity contribution in [2.45, 2.75) is 12.8 Å². The molecule has 0 fully saturated rings. The lowest BCUT2D eigenvalue weighted by atomic mass is 10.2. The standard InChI is InChI=1S/C16H11F3N4O2/c17-9-4-5-10(15(19)14(9)18)21-12(24)6-7-13-22-16(23-25-13)11-3-1-2-8-20-11/h1-5,8H,6-7H2,(H,21,24). The van der Waals surface area contributed by atoms with E-state index < -0.39 is 29.0 Å². The maximum Gasteiger partial charge on any atom is 0.227 e. The molecule has 3 aromatic rings. The fraction of sp³-hybridized carbons (Fsp3) is 0.125. The Labute approximate surface area is 139 Å². The molecule has 0 radical (unpaired) electrons. The number of pyridine rings is 1. The molecule has 1 N–H and O–H groups in total. The Morgan fingerprint density at radius 1 is 1.12 bits per heavy atom. The van der Waals surface area contributed by atoms with Crippen LogP contribution in [0.2, 0.25) is 0 Å². The molecule has 0 spiro atoms. The molecule has 0 aliphatic carbocycles. The van der Waals surface area contributed by atoms with Gasteiger partial charge in [0.25, 0.3) is 0 Å². The minimum atomic E-state index is -1.64. The van der Waals surface area contributed by atoms with E-state index >= 15 is 0 Å². The molecule has 9 heteroatoms. The van der Waals surface area contributed by atoms with Crippen molar-refractivity contribution in [2.24, 2.45) is 0 Å². The molecule has 1 aromatic carbocycles. The van der Waals surface area contributed by atoms with Gasteiger partial charge in [0, 0.05) is 19.0 Å². The van der Waals surface area contributed by atoms with Gasteiger partial charge in [-0.15, -0.1) is 0 Å². The van der Waals surface area contributed by atoms with Gasteiger partial charge in [-0.05, 0) is 24.3 Å². The summed E-state index contributed by atoms with van der Waals surface area (Å²) in [5.41, 5.74) is 0.0782. The third-order valence-electron chi connectivity index (χ3n) is 3.24. The van der Waals surface area contributed by atoms with E-state index in [4.69, 9.17) is 4.52 Å². The number of aromatic nitrogens is 3. The quantitative estimate of drug-likeness (QED) is 0.717. The summed E-state index contributed by atoms with van der Waals surface area (Å²) < 4.78 is 44.5. The predicted molar refractivity (Wildman–Crippen MR) is 80.8 cm³/mol. The summed E-state index contributed by atoms with van der Waals surface area (Å²) in [5, 5.41) is 5.92.